The molecule has 6 nitrogen and oxygen atoms in total. The summed E-state index contributed by atoms with van der Waals surface area (Å²) in [5, 5.41) is 10.3. The van der Waals surface area contributed by atoms with E-state index in [0.29, 0.717) is 13.1 Å². The van der Waals surface area contributed by atoms with E-state index < -0.39 is 18.4 Å². The number of unbranched alkanes of at least 4 members (excludes halogenated alkanes) is 2. The number of aliphatic hydroxyl groups is 1. The lowest BCUT2D eigenvalue weighted by molar-refractivity contribution is -0.0925. The normalized spacial score (nSPS) is 17.1. The van der Waals surface area contributed by atoms with E-state index in [1.54, 1.807) is 0 Å². The van der Waals surface area contributed by atoms with Crippen molar-refractivity contribution in [1.82, 2.24) is 14.7 Å². The third-order valence-electron chi connectivity index (χ3n) is 3.33. The molecule has 0 unspecified atom stereocenters. The van der Waals surface area contributed by atoms with Crippen molar-refractivity contribution in [3.63, 3.8) is 0 Å². The van der Waals surface area contributed by atoms with Crippen molar-refractivity contribution in [2.24, 2.45) is 0 Å². The van der Waals surface area contributed by atoms with E-state index in [0.717, 1.165) is 30.6 Å². The standard InChI is InChI=1S/C14H25N3O3/c1-4-7-10-16-12(18)15(9-6-3)13(19)17(14(16)20)11-8-5-2/h6,14,20H,3-5,7-11H2,1-2H3. The molecule has 0 radical (unpaired) electrons. The number of aliphatic hydroxyl groups excluding tert-OH is 1. The molecule has 0 saturated carbocycles. The Hall–Kier alpha value is -1.56. The van der Waals surface area contributed by atoms with Gasteiger partial charge in [-0.3, -0.25) is 9.80 Å². The molecule has 0 aliphatic carbocycles. The minimum Gasteiger partial charge on any atom is -0.356 e. The quantitative estimate of drug-likeness (QED) is 0.695. The number of rotatable bonds is 8. The van der Waals surface area contributed by atoms with Gasteiger partial charge >= 0.3 is 12.1 Å². The van der Waals surface area contributed by atoms with Crippen LogP contribution in [0, 0.1) is 0 Å². The zero-order chi connectivity index (χ0) is 15.1. The number of imide groups is 1. The number of amides is 4. The van der Waals surface area contributed by atoms with Crippen LogP contribution in [0.2, 0.25) is 0 Å². The highest BCUT2D eigenvalue weighted by Crippen LogP contribution is 2.19. The molecule has 20 heavy (non-hydrogen) atoms. The Balaban J connectivity index is 2.91. The van der Waals surface area contributed by atoms with Crippen molar-refractivity contribution in [2.45, 2.75) is 45.9 Å². The Labute approximate surface area is 120 Å². The summed E-state index contributed by atoms with van der Waals surface area (Å²) in [5.41, 5.74) is 0. The molecule has 114 valence electrons. The third kappa shape index (κ3) is 3.50. The van der Waals surface area contributed by atoms with Gasteiger partial charge in [-0.2, -0.15) is 0 Å². The van der Waals surface area contributed by atoms with Crippen LogP contribution in [0.4, 0.5) is 9.59 Å². The van der Waals surface area contributed by atoms with Gasteiger partial charge in [-0.15, -0.1) is 6.58 Å². The fourth-order valence-corrected chi connectivity index (χ4v) is 2.12. The van der Waals surface area contributed by atoms with E-state index in [1.807, 2.05) is 13.8 Å². The predicted octanol–water partition coefficient (Wildman–Crippen LogP) is 2.21. The van der Waals surface area contributed by atoms with Crippen LogP contribution >= 0.6 is 0 Å². The van der Waals surface area contributed by atoms with Gasteiger partial charge in [-0.05, 0) is 12.8 Å². The maximum atomic E-state index is 12.3. The second kappa shape index (κ2) is 7.89. The van der Waals surface area contributed by atoms with Crippen molar-refractivity contribution >= 4 is 12.1 Å². The largest absolute Gasteiger partial charge is 0.356 e. The van der Waals surface area contributed by atoms with Crippen LogP contribution in [0.15, 0.2) is 12.7 Å². The lowest BCUT2D eigenvalue weighted by Crippen LogP contribution is -2.66. The van der Waals surface area contributed by atoms with Gasteiger partial charge in [-0.25, -0.2) is 14.5 Å². The van der Waals surface area contributed by atoms with Crippen molar-refractivity contribution in [2.75, 3.05) is 19.6 Å². The van der Waals surface area contributed by atoms with Crippen LogP contribution < -0.4 is 0 Å². The molecular weight excluding hydrogens is 258 g/mol. The summed E-state index contributed by atoms with van der Waals surface area (Å²) in [6.07, 6.45) is 3.78. The number of urea groups is 2. The van der Waals surface area contributed by atoms with Crippen molar-refractivity contribution in [3.8, 4) is 0 Å². The van der Waals surface area contributed by atoms with Gasteiger partial charge in [0.15, 0.2) is 0 Å². The summed E-state index contributed by atoms with van der Waals surface area (Å²) in [5.74, 6) is 0. The molecule has 4 amide bonds. The van der Waals surface area contributed by atoms with Gasteiger partial charge in [0, 0.05) is 13.1 Å². The second-order valence-corrected chi connectivity index (χ2v) is 4.90. The first-order valence-electron chi connectivity index (χ1n) is 7.26. The third-order valence-corrected chi connectivity index (χ3v) is 3.33. The van der Waals surface area contributed by atoms with Crippen LogP contribution in [0.1, 0.15) is 39.5 Å². The smallest absolute Gasteiger partial charge is 0.331 e. The van der Waals surface area contributed by atoms with Crippen molar-refractivity contribution in [3.05, 3.63) is 12.7 Å². The summed E-state index contributed by atoms with van der Waals surface area (Å²) in [6.45, 7) is 8.66. The van der Waals surface area contributed by atoms with Gasteiger partial charge in [0.2, 0.25) is 6.35 Å². The first-order chi connectivity index (χ1) is 9.58. The summed E-state index contributed by atoms with van der Waals surface area (Å²) in [6, 6.07) is -0.882. The van der Waals surface area contributed by atoms with Crippen LogP contribution in [-0.4, -0.2) is 57.9 Å². The summed E-state index contributed by atoms with van der Waals surface area (Å²) in [4.78, 5) is 28.3. The minimum absolute atomic E-state index is 0.162. The lowest BCUT2D eigenvalue weighted by atomic mass is 10.2. The summed E-state index contributed by atoms with van der Waals surface area (Å²) < 4.78 is 0. The zero-order valence-electron chi connectivity index (χ0n) is 12.4. The Bertz CT molecular complexity index is 332. The van der Waals surface area contributed by atoms with E-state index in [1.165, 1.54) is 15.9 Å². The van der Waals surface area contributed by atoms with Crippen molar-refractivity contribution in [1.29, 1.82) is 0 Å². The van der Waals surface area contributed by atoms with E-state index in [9.17, 15) is 14.7 Å². The molecular formula is C14H25N3O3. The molecule has 1 rings (SSSR count). The SMILES string of the molecule is C=CCN1C(=O)N(CCCC)C(O)N(CCCC)C1=O. The Morgan fingerprint density at radius 2 is 1.55 bits per heavy atom. The number of hydrogen-bond donors (Lipinski definition) is 1. The van der Waals surface area contributed by atoms with Gasteiger partial charge in [-0.1, -0.05) is 32.8 Å². The maximum Gasteiger partial charge on any atom is 0.331 e. The fourth-order valence-electron chi connectivity index (χ4n) is 2.12. The van der Waals surface area contributed by atoms with Crippen LogP contribution in [0.3, 0.4) is 0 Å². The fraction of sp³-hybridized carbons (Fsp3) is 0.714. The minimum atomic E-state index is -1.16. The van der Waals surface area contributed by atoms with E-state index in [2.05, 4.69) is 6.58 Å². The zero-order valence-corrected chi connectivity index (χ0v) is 12.4. The topological polar surface area (TPSA) is 64.1 Å². The highest BCUT2D eigenvalue weighted by atomic mass is 16.3. The van der Waals surface area contributed by atoms with E-state index in [-0.39, 0.29) is 6.54 Å². The first kappa shape index (κ1) is 16.5. The van der Waals surface area contributed by atoms with E-state index in [4.69, 9.17) is 0 Å². The molecule has 0 aromatic heterocycles. The molecule has 1 aliphatic heterocycles. The molecule has 1 fully saturated rings. The van der Waals surface area contributed by atoms with Crippen LogP contribution in [-0.2, 0) is 0 Å². The van der Waals surface area contributed by atoms with E-state index >= 15 is 0 Å². The molecule has 1 saturated heterocycles. The predicted molar refractivity (Wildman–Crippen MR) is 76.9 cm³/mol. The van der Waals surface area contributed by atoms with Gasteiger partial charge in [0.1, 0.15) is 0 Å². The van der Waals surface area contributed by atoms with Crippen LogP contribution in [0.5, 0.6) is 0 Å². The molecule has 0 bridgehead atoms. The van der Waals surface area contributed by atoms with Gasteiger partial charge in [0.05, 0.1) is 6.54 Å². The Morgan fingerprint density at radius 1 is 1.10 bits per heavy atom. The van der Waals surface area contributed by atoms with Crippen LogP contribution in [0.25, 0.3) is 0 Å². The Kier molecular flexibility index (Phi) is 6.51. The number of carbonyl (C=O) groups excluding carboxylic acids is 2. The molecule has 0 atom stereocenters. The lowest BCUT2D eigenvalue weighted by Gasteiger charge is -2.44. The molecule has 0 spiro atoms. The number of carbonyl (C=O) groups is 2. The Morgan fingerprint density at radius 3 is 1.90 bits per heavy atom. The number of nitrogens with zero attached hydrogens (tertiary/aromatic N) is 3. The molecule has 0 aromatic rings. The van der Waals surface area contributed by atoms with Crippen molar-refractivity contribution < 1.29 is 14.7 Å². The molecule has 1 aliphatic rings. The molecule has 0 aromatic carbocycles. The summed E-state index contributed by atoms with van der Waals surface area (Å²) in [7, 11) is 0. The maximum absolute atomic E-state index is 12.3. The molecule has 6 heteroatoms. The molecule has 1 N–H and O–H groups in total. The molecule has 1 heterocycles. The highest BCUT2D eigenvalue weighted by molar-refractivity contribution is 5.96. The average Bonchev–Trinajstić information content (AvgIpc) is 2.43. The number of hydrogen-bond acceptors (Lipinski definition) is 3. The van der Waals surface area contributed by atoms with Gasteiger partial charge in [0.25, 0.3) is 0 Å². The summed E-state index contributed by atoms with van der Waals surface area (Å²) >= 11 is 0. The second-order valence-electron chi connectivity index (χ2n) is 4.90. The van der Waals surface area contributed by atoms with Gasteiger partial charge < -0.3 is 5.11 Å². The first-order valence-corrected chi connectivity index (χ1v) is 7.26. The average molecular weight is 283 g/mol. The monoisotopic (exact) mass is 283 g/mol. The highest BCUT2D eigenvalue weighted by Gasteiger charge is 2.42.